The molecule has 0 amide bonds. The molecule has 1 rings (SSSR count). The van der Waals surface area contributed by atoms with Crippen LogP contribution in [0.25, 0.3) is 6.08 Å². The van der Waals surface area contributed by atoms with Crippen molar-refractivity contribution in [3.8, 4) is 0 Å². The summed E-state index contributed by atoms with van der Waals surface area (Å²) < 4.78 is 10.0. The Hall–Kier alpha value is -1.16. The van der Waals surface area contributed by atoms with Crippen molar-refractivity contribution in [2.75, 3.05) is 13.2 Å². The highest BCUT2D eigenvalue weighted by atomic mass is 16.5. The summed E-state index contributed by atoms with van der Waals surface area (Å²) in [4.78, 5) is 4.11. The highest BCUT2D eigenvalue weighted by molar-refractivity contribution is 5.38. The van der Waals surface area contributed by atoms with E-state index < -0.39 is 0 Å². The van der Waals surface area contributed by atoms with Gasteiger partial charge >= 0.3 is 0 Å². The number of hydrogen-bond acceptors (Lipinski definition) is 4. The van der Waals surface area contributed by atoms with Gasteiger partial charge < -0.3 is 9.26 Å². The molecule has 0 spiro atoms. The fourth-order valence-corrected chi connectivity index (χ4v) is 0.819. The van der Waals surface area contributed by atoms with Crippen LogP contribution in [-0.4, -0.2) is 23.4 Å². The van der Waals surface area contributed by atoms with Crippen LogP contribution < -0.4 is 0 Å². The smallest absolute Gasteiger partial charge is 0.226 e. The number of ether oxygens (including phenoxy) is 1. The third-order valence-corrected chi connectivity index (χ3v) is 1.47. The van der Waals surface area contributed by atoms with Crippen molar-refractivity contribution < 1.29 is 9.26 Å². The van der Waals surface area contributed by atoms with E-state index in [9.17, 15) is 0 Å². The average Bonchev–Trinajstić information content (AvgIpc) is 2.87. The average molecular weight is 242 g/mol. The Morgan fingerprint density at radius 1 is 1.18 bits per heavy atom. The molecule has 0 aliphatic heterocycles. The topological polar surface area (TPSA) is 48.2 Å². The van der Waals surface area contributed by atoms with Crippen molar-refractivity contribution in [2.45, 2.75) is 48.0 Å². The monoisotopic (exact) mass is 242 g/mol. The van der Waals surface area contributed by atoms with Gasteiger partial charge in [-0.25, -0.2) is 0 Å². The minimum Gasteiger partial charge on any atom is -0.378 e. The van der Waals surface area contributed by atoms with Crippen LogP contribution in [0.4, 0.5) is 0 Å². The van der Waals surface area contributed by atoms with E-state index in [1.165, 1.54) is 0 Å². The summed E-state index contributed by atoms with van der Waals surface area (Å²) in [5.41, 5.74) is 0. The highest BCUT2D eigenvalue weighted by Crippen LogP contribution is 1.99. The van der Waals surface area contributed by atoms with Crippen LogP contribution in [0.15, 0.2) is 10.6 Å². The second-order valence-electron chi connectivity index (χ2n) is 2.46. The molecule has 0 unspecified atom stereocenters. The van der Waals surface area contributed by atoms with E-state index in [1.54, 1.807) is 6.08 Å². The largest absolute Gasteiger partial charge is 0.378 e. The molecule has 0 saturated carbocycles. The summed E-state index contributed by atoms with van der Waals surface area (Å²) in [7, 11) is 0. The van der Waals surface area contributed by atoms with E-state index in [-0.39, 0.29) is 0 Å². The molecular formula is C13H26N2O2. The Morgan fingerprint density at radius 3 is 2.29 bits per heavy atom. The minimum absolute atomic E-state index is 0.590. The predicted octanol–water partition coefficient (Wildman–Crippen LogP) is 3.73. The standard InChI is InChI=1S/C9H14N2O2.2C2H6/c1-3-9-10-8(11-13-9)6-5-7-12-4-2;2*1-2/h5-6H,3-4,7H2,1-2H3;2*1-2H3/b6-5+;;. The van der Waals surface area contributed by atoms with Gasteiger partial charge in [0.15, 0.2) is 5.82 Å². The summed E-state index contributed by atoms with van der Waals surface area (Å²) in [5.74, 6) is 1.27. The van der Waals surface area contributed by atoms with E-state index in [2.05, 4.69) is 10.1 Å². The Labute approximate surface area is 105 Å². The van der Waals surface area contributed by atoms with Crippen molar-refractivity contribution in [1.29, 1.82) is 0 Å². The number of nitrogens with zero attached hydrogens (tertiary/aromatic N) is 2. The quantitative estimate of drug-likeness (QED) is 0.738. The zero-order chi connectivity index (χ0) is 13.5. The Kier molecular flexibility index (Phi) is 15.9. The van der Waals surface area contributed by atoms with E-state index >= 15 is 0 Å². The third-order valence-electron chi connectivity index (χ3n) is 1.47. The minimum atomic E-state index is 0.590. The molecule has 0 aliphatic carbocycles. The molecule has 0 aromatic carbocycles. The van der Waals surface area contributed by atoms with Crippen molar-refractivity contribution in [2.24, 2.45) is 0 Å². The fraction of sp³-hybridized carbons (Fsp3) is 0.692. The normalized spacial score (nSPS) is 9.29. The van der Waals surface area contributed by atoms with Gasteiger partial charge in [-0.2, -0.15) is 4.98 Å². The molecule has 0 bridgehead atoms. The van der Waals surface area contributed by atoms with Gasteiger partial charge in [0.25, 0.3) is 0 Å². The summed E-state index contributed by atoms with van der Waals surface area (Å²) in [5, 5.41) is 3.76. The van der Waals surface area contributed by atoms with Crippen molar-refractivity contribution in [3.63, 3.8) is 0 Å². The lowest BCUT2D eigenvalue weighted by molar-refractivity contribution is 0.178. The van der Waals surface area contributed by atoms with Gasteiger partial charge in [0.1, 0.15) is 0 Å². The zero-order valence-electron chi connectivity index (χ0n) is 12.0. The third kappa shape index (κ3) is 9.75. The number of rotatable bonds is 5. The highest BCUT2D eigenvalue weighted by Gasteiger charge is 1.98. The van der Waals surface area contributed by atoms with E-state index in [4.69, 9.17) is 9.26 Å². The maximum atomic E-state index is 5.12. The molecule has 0 fully saturated rings. The van der Waals surface area contributed by atoms with E-state index in [0.717, 1.165) is 13.0 Å². The summed E-state index contributed by atoms with van der Waals surface area (Å²) in [6.45, 7) is 13.2. The molecule has 4 heteroatoms. The molecule has 1 aromatic heterocycles. The molecule has 1 aromatic rings. The van der Waals surface area contributed by atoms with Crippen LogP contribution in [0.5, 0.6) is 0 Å². The molecule has 0 aliphatic rings. The molecule has 0 saturated heterocycles. The lowest BCUT2D eigenvalue weighted by Crippen LogP contribution is -1.88. The van der Waals surface area contributed by atoms with E-state index in [0.29, 0.717) is 18.3 Å². The van der Waals surface area contributed by atoms with Crippen LogP contribution in [0.3, 0.4) is 0 Å². The lowest BCUT2D eigenvalue weighted by Gasteiger charge is -1.90. The van der Waals surface area contributed by atoms with Crippen molar-refractivity contribution >= 4 is 6.08 Å². The zero-order valence-corrected chi connectivity index (χ0v) is 12.0. The number of aromatic nitrogens is 2. The van der Waals surface area contributed by atoms with Gasteiger partial charge in [0.05, 0.1) is 6.61 Å². The molecule has 17 heavy (non-hydrogen) atoms. The van der Waals surface area contributed by atoms with Gasteiger partial charge in [0, 0.05) is 13.0 Å². The van der Waals surface area contributed by atoms with Crippen LogP contribution >= 0.6 is 0 Å². The van der Waals surface area contributed by atoms with Gasteiger partial charge in [-0.05, 0) is 13.0 Å². The van der Waals surface area contributed by atoms with Gasteiger partial charge in [-0.15, -0.1) is 0 Å². The maximum Gasteiger partial charge on any atom is 0.226 e. The molecule has 0 radical (unpaired) electrons. The molecule has 1 heterocycles. The molecular weight excluding hydrogens is 216 g/mol. The first-order valence-electron chi connectivity index (χ1n) is 6.43. The summed E-state index contributed by atoms with van der Waals surface area (Å²) in [6, 6.07) is 0. The maximum absolute atomic E-state index is 5.12. The van der Waals surface area contributed by atoms with E-state index in [1.807, 2.05) is 47.6 Å². The fourth-order valence-electron chi connectivity index (χ4n) is 0.819. The first-order chi connectivity index (χ1) is 8.36. The molecule has 100 valence electrons. The predicted molar refractivity (Wildman–Crippen MR) is 71.9 cm³/mol. The van der Waals surface area contributed by atoms with Gasteiger partial charge in [-0.3, -0.25) is 0 Å². The Morgan fingerprint density at radius 2 is 1.82 bits per heavy atom. The van der Waals surface area contributed by atoms with Crippen LogP contribution in [-0.2, 0) is 11.2 Å². The van der Waals surface area contributed by atoms with Crippen LogP contribution in [0.1, 0.15) is 53.3 Å². The van der Waals surface area contributed by atoms with Gasteiger partial charge in [0.2, 0.25) is 5.89 Å². The summed E-state index contributed by atoms with van der Waals surface area (Å²) in [6.07, 6.45) is 4.43. The molecule has 0 N–H and O–H groups in total. The van der Waals surface area contributed by atoms with Gasteiger partial charge in [-0.1, -0.05) is 45.9 Å². The second kappa shape index (κ2) is 14.8. The van der Waals surface area contributed by atoms with Crippen molar-refractivity contribution in [1.82, 2.24) is 10.1 Å². The van der Waals surface area contributed by atoms with Crippen molar-refractivity contribution in [3.05, 3.63) is 17.8 Å². The Balaban J connectivity index is 0. The first kappa shape index (κ1) is 18.2. The number of hydrogen-bond donors (Lipinski definition) is 0. The Bertz CT molecular complexity index is 270. The lowest BCUT2D eigenvalue weighted by atomic mass is 10.4. The summed E-state index contributed by atoms with van der Waals surface area (Å²) >= 11 is 0. The SMILES string of the molecule is CC.CC.CCOC/C=C/c1noc(CC)n1. The second-order valence-corrected chi connectivity index (χ2v) is 2.46. The number of aryl methyl sites for hydroxylation is 1. The van der Waals surface area contributed by atoms with Crippen LogP contribution in [0, 0.1) is 0 Å². The molecule has 0 atom stereocenters. The van der Waals surface area contributed by atoms with Crippen LogP contribution in [0.2, 0.25) is 0 Å². The molecule has 4 nitrogen and oxygen atoms in total. The first-order valence-corrected chi connectivity index (χ1v) is 6.43.